The van der Waals surface area contributed by atoms with Gasteiger partial charge in [0.1, 0.15) is 13.2 Å². The molecule has 0 aliphatic heterocycles. The molecule has 1 fully saturated rings. The van der Waals surface area contributed by atoms with Gasteiger partial charge in [-0.3, -0.25) is 4.84 Å². The van der Waals surface area contributed by atoms with Crippen molar-refractivity contribution in [3.8, 4) is 0 Å². The Bertz CT molecular complexity index is 703. The summed E-state index contributed by atoms with van der Waals surface area (Å²) < 4.78 is 9.94. The first-order valence-corrected chi connectivity index (χ1v) is 10.6. The third kappa shape index (κ3) is 10.3. The zero-order chi connectivity index (χ0) is 23.7. The van der Waals surface area contributed by atoms with Gasteiger partial charge in [-0.15, -0.1) is 0 Å². The largest absolute Gasteiger partial charge is 0.459 e. The van der Waals surface area contributed by atoms with E-state index in [2.05, 4.69) is 43.1 Å². The Balaban J connectivity index is 2.52. The molecule has 0 bridgehead atoms. The molecule has 2 atom stereocenters. The Morgan fingerprint density at radius 1 is 1.06 bits per heavy atom. The normalized spacial score (nSPS) is 22.8. The van der Waals surface area contributed by atoms with Crippen molar-refractivity contribution < 1.29 is 28.7 Å². The molecule has 0 aromatic carbocycles. The molecule has 1 aliphatic carbocycles. The molecule has 9 heteroatoms. The summed E-state index contributed by atoms with van der Waals surface area (Å²) in [5.41, 5.74) is 0.751. The summed E-state index contributed by atoms with van der Waals surface area (Å²) in [5.74, 6) is -0.520. The van der Waals surface area contributed by atoms with Crippen LogP contribution in [-0.2, 0) is 19.1 Å². The molecular weight excluding hydrogens is 402 g/mol. The van der Waals surface area contributed by atoms with Crippen LogP contribution in [0.5, 0.6) is 0 Å². The van der Waals surface area contributed by atoms with E-state index >= 15 is 0 Å². The minimum absolute atomic E-state index is 0.0303. The summed E-state index contributed by atoms with van der Waals surface area (Å²) >= 11 is 0. The highest BCUT2D eigenvalue weighted by molar-refractivity contribution is 5.86. The van der Waals surface area contributed by atoms with Crippen molar-refractivity contribution in [3.63, 3.8) is 0 Å². The molecule has 2 N–H and O–H groups in total. The van der Waals surface area contributed by atoms with Crippen LogP contribution in [0.25, 0.3) is 0 Å². The zero-order valence-electron chi connectivity index (χ0n) is 19.6. The maximum atomic E-state index is 12.1. The summed E-state index contributed by atoms with van der Waals surface area (Å²) in [6.07, 6.45) is 1.90. The highest BCUT2D eigenvalue weighted by Gasteiger charge is 2.42. The van der Waals surface area contributed by atoms with Crippen LogP contribution < -0.4 is 10.6 Å². The van der Waals surface area contributed by atoms with Gasteiger partial charge in [-0.2, -0.15) is 0 Å². The fourth-order valence-electron chi connectivity index (χ4n) is 3.98. The van der Waals surface area contributed by atoms with E-state index in [0.29, 0.717) is 19.4 Å². The van der Waals surface area contributed by atoms with E-state index in [1.807, 2.05) is 6.92 Å². The molecule has 0 aromatic heterocycles. The lowest BCUT2D eigenvalue weighted by molar-refractivity contribution is -0.139. The van der Waals surface area contributed by atoms with E-state index in [1.54, 1.807) is 13.8 Å². The van der Waals surface area contributed by atoms with E-state index in [0.717, 1.165) is 18.6 Å². The second-order valence-corrected chi connectivity index (χ2v) is 9.37. The number of nitrogens with zero attached hydrogens (tertiary/aromatic N) is 1. The van der Waals surface area contributed by atoms with Crippen molar-refractivity contribution in [2.75, 3.05) is 19.8 Å². The van der Waals surface area contributed by atoms with Gasteiger partial charge >= 0.3 is 18.2 Å². The van der Waals surface area contributed by atoms with E-state index in [-0.39, 0.29) is 35.7 Å². The van der Waals surface area contributed by atoms with Gasteiger partial charge in [0, 0.05) is 18.2 Å². The Morgan fingerprint density at radius 2 is 1.71 bits per heavy atom. The molecule has 9 nitrogen and oxygen atoms in total. The summed E-state index contributed by atoms with van der Waals surface area (Å²) in [6.45, 7) is 15.4. The van der Waals surface area contributed by atoms with Gasteiger partial charge in [0.05, 0.1) is 5.71 Å². The minimum Gasteiger partial charge on any atom is -0.459 e. The lowest BCUT2D eigenvalue weighted by atomic mass is 9.62. The highest BCUT2D eigenvalue weighted by Crippen LogP contribution is 2.45. The summed E-state index contributed by atoms with van der Waals surface area (Å²) in [5, 5.41) is 9.46. The van der Waals surface area contributed by atoms with Crippen LogP contribution in [0.1, 0.15) is 67.2 Å². The zero-order valence-corrected chi connectivity index (χ0v) is 19.6. The van der Waals surface area contributed by atoms with Gasteiger partial charge < -0.3 is 20.1 Å². The standard InChI is InChI=1S/C22H37N3O6/c1-8-16(4)25-31-20(28)24-17-11-21(5,6)13-22(7,12-17)14-23-19(27)30-10-9-29-18(26)15(2)3/h17H,2,8-14H2,1,3-7H3,(H,23,27)(H,24,28). The monoisotopic (exact) mass is 439 g/mol. The third-order valence-corrected chi connectivity index (χ3v) is 5.12. The van der Waals surface area contributed by atoms with Crippen LogP contribution in [0, 0.1) is 10.8 Å². The molecule has 0 heterocycles. The number of carbonyl (C=O) groups is 3. The second kappa shape index (κ2) is 11.7. The molecule has 0 spiro atoms. The summed E-state index contributed by atoms with van der Waals surface area (Å²) in [6, 6.07) is -0.0993. The lowest BCUT2D eigenvalue weighted by Crippen LogP contribution is -2.50. The van der Waals surface area contributed by atoms with Crippen LogP contribution in [-0.4, -0.2) is 49.7 Å². The van der Waals surface area contributed by atoms with Crippen LogP contribution in [0.4, 0.5) is 9.59 Å². The van der Waals surface area contributed by atoms with Crippen molar-refractivity contribution in [2.45, 2.75) is 73.3 Å². The molecule has 1 rings (SSSR count). The SMILES string of the molecule is C=C(C)C(=O)OCCOC(=O)NCC1(C)CC(NC(=O)ON=C(C)CC)CC(C)(C)C1. The predicted octanol–water partition coefficient (Wildman–Crippen LogP) is 3.93. The predicted molar refractivity (Wildman–Crippen MR) is 118 cm³/mol. The van der Waals surface area contributed by atoms with Crippen molar-refractivity contribution in [3.05, 3.63) is 12.2 Å². The molecule has 2 unspecified atom stereocenters. The quantitative estimate of drug-likeness (QED) is 0.140. The van der Waals surface area contributed by atoms with E-state index in [1.165, 1.54) is 0 Å². The highest BCUT2D eigenvalue weighted by atomic mass is 16.7. The van der Waals surface area contributed by atoms with Crippen LogP contribution in [0.15, 0.2) is 17.3 Å². The van der Waals surface area contributed by atoms with Crippen LogP contribution in [0.3, 0.4) is 0 Å². The number of esters is 1. The number of carbonyl (C=O) groups excluding carboxylic acids is 3. The number of ether oxygens (including phenoxy) is 2. The van der Waals surface area contributed by atoms with Crippen molar-refractivity contribution >= 4 is 23.9 Å². The van der Waals surface area contributed by atoms with E-state index < -0.39 is 18.2 Å². The van der Waals surface area contributed by atoms with E-state index in [9.17, 15) is 14.4 Å². The van der Waals surface area contributed by atoms with Crippen molar-refractivity contribution in [2.24, 2.45) is 16.0 Å². The van der Waals surface area contributed by atoms with Gasteiger partial charge in [0.25, 0.3) is 0 Å². The average Bonchev–Trinajstić information content (AvgIpc) is 2.66. The number of oxime groups is 1. The molecule has 176 valence electrons. The summed E-state index contributed by atoms with van der Waals surface area (Å²) in [7, 11) is 0. The topological polar surface area (TPSA) is 115 Å². The smallest absolute Gasteiger partial charge is 0.433 e. The number of nitrogens with one attached hydrogen (secondary N) is 2. The number of hydrogen-bond acceptors (Lipinski definition) is 7. The molecule has 0 radical (unpaired) electrons. The van der Waals surface area contributed by atoms with Crippen LogP contribution >= 0.6 is 0 Å². The number of amides is 2. The maximum Gasteiger partial charge on any atom is 0.433 e. The fraction of sp³-hybridized carbons (Fsp3) is 0.727. The van der Waals surface area contributed by atoms with Gasteiger partial charge in [-0.1, -0.05) is 39.4 Å². The van der Waals surface area contributed by atoms with Crippen molar-refractivity contribution in [1.29, 1.82) is 0 Å². The molecule has 31 heavy (non-hydrogen) atoms. The van der Waals surface area contributed by atoms with Gasteiger partial charge in [-0.25, -0.2) is 14.4 Å². The number of rotatable bonds is 9. The minimum atomic E-state index is -0.579. The van der Waals surface area contributed by atoms with E-state index in [4.69, 9.17) is 14.3 Å². The first kappa shape index (κ1) is 26.5. The van der Waals surface area contributed by atoms with Gasteiger partial charge in [0.15, 0.2) is 0 Å². The fourth-order valence-corrected chi connectivity index (χ4v) is 3.98. The van der Waals surface area contributed by atoms with Crippen LogP contribution in [0.2, 0.25) is 0 Å². The summed E-state index contributed by atoms with van der Waals surface area (Å²) in [4.78, 5) is 40.3. The Hall–Kier alpha value is -2.58. The Morgan fingerprint density at radius 3 is 2.32 bits per heavy atom. The van der Waals surface area contributed by atoms with Gasteiger partial charge in [0.2, 0.25) is 0 Å². The first-order valence-electron chi connectivity index (χ1n) is 10.6. The molecular formula is C22H37N3O6. The Labute approximate surface area is 184 Å². The lowest BCUT2D eigenvalue weighted by Gasteiger charge is -2.46. The first-order chi connectivity index (χ1) is 14.4. The van der Waals surface area contributed by atoms with Gasteiger partial charge in [-0.05, 0) is 50.4 Å². The van der Waals surface area contributed by atoms with Crippen molar-refractivity contribution in [1.82, 2.24) is 10.6 Å². The second-order valence-electron chi connectivity index (χ2n) is 9.37. The molecule has 0 saturated heterocycles. The Kier molecular flexibility index (Phi) is 10.00. The molecule has 2 amide bonds. The maximum absolute atomic E-state index is 12.1. The molecule has 1 aliphatic rings. The molecule has 1 saturated carbocycles. The number of hydrogen-bond donors (Lipinski definition) is 2. The molecule has 0 aromatic rings. The third-order valence-electron chi connectivity index (χ3n) is 5.12. The number of alkyl carbamates (subject to hydrolysis) is 1. The average molecular weight is 440 g/mol.